The van der Waals surface area contributed by atoms with E-state index < -0.39 is 10.2 Å². The van der Waals surface area contributed by atoms with Gasteiger partial charge in [0.1, 0.15) is 0 Å². The topological polar surface area (TPSA) is 81.8 Å². The number of rotatable bonds is 6. The Bertz CT molecular complexity index is 1260. The summed E-state index contributed by atoms with van der Waals surface area (Å²) in [5, 5.41) is 5.29. The van der Waals surface area contributed by atoms with Crippen molar-refractivity contribution in [2.75, 3.05) is 37.9 Å². The summed E-state index contributed by atoms with van der Waals surface area (Å²) in [4.78, 5) is 15.2. The van der Waals surface area contributed by atoms with Gasteiger partial charge in [0.25, 0.3) is 5.91 Å². The summed E-state index contributed by atoms with van der Waals surface area (Å²) in [6, 6.07) is 19.0. The summed E-state index contributed by atoms with van der Waals surface area (Å²) in [5.74, 6) is -0.242. The van der Waals surface area contributed by atoms with E-state index in [1.807, 2.05) is 63.4 Å². The summed E-state index contributed by atoms with van der Waals surface area (Å²) in [5.41, 5.74) is 2.63. The second kappa shape index (κ2) is 9.51. The van der Waals surface area contributed by atoms with Crippen LogP contribution < -0.4 is 10.0 Å². The molecule has 8 heteroatoms. The monoisotopic (exact) mass is 466 g/mol. The van der Waals surface area contributed by atoms with Gasteiger partial charge in [-0.2, -0.15) is 12.7 Å². The van der Waals surface area contributed by atoms with Crippen LogP contribution in [0, 0.1) is 6.92 Å². The van der Waals surface area contributed by atoms with Gasteiger partial charge in [-0.15, -0.1) is 0 Å². The molecule has 1 aliphatic rings. The van der Waals surface area contributed by atoms with Crippen molar-refractivity contribution in [2.45, 2.75) is 19.9 Å². The highest BCUT2D eigenvalue weighted by Crippen LogP contribution is 2.25. The number of benzene rings is 3. The normalized spacial score (nSPS) is 16.5. The van der Waals surface area contributed by atoms with Crippen LogP contribution in [0.4, 0.5) is 5.69 Å². The van der Waals surface area contributed by atoms with Crippen LogP contribution in [0.3, 0.4) is 0 Å². The molecule has 1 fully saturated rings. The Hall–Kier alpha value is -2.94. The molecule has 0 radical (unpaired) electrons. The number of hydrogen-bond acceptors (Lipinski definition) is 4. The van der Waals surface area contributed by atoms with Gasteiger partial charge < -0.3 is 10.2 Å². The average molecular weight is 467 g/mol. The van der Waals surface area contributed by atoms with Crippen molar-refractivity contribution in [3.05, 3.63) is 77.4 Å². The maximum atomic E-state index is 13.1. The summed E-state index contributed by atoms with van der Waals surface area (Å²) >= 11 is 0. The molecule has 7 nitrogen and oxygen atoms in total. The molecule has 3 aromatic carbocycles. The van der Waals surface area contributed by atoms with E-state index in [1.165, 1.54) is 4.31 Å². The molecule has 1 saturated heterocycles. The Balaban J connectivity index is 1.52. The third-order valence-electron chi connectivity index (χ3n) is 6.17. The Labute approximate surface area is 195 Å². The number of likely N-dealkylation sites (N-methyl/N-ethyl adjacent to an activating group) is 1. The molecular formula is C25H30N4O3S. The molecule has 0 spiro atoms. The predicted octanol–water partition coefficient (Wildman–Crippen LogP) is 3.54. The van der Waals surface area contributed by atoms with E-state index >= 15 is 0 Å². The lowest BCUT2D eigenvalue weighted by Gasteiger charge is -2.31. The van der Waals surface area contributed by atoms with Gasteiger partial charge in [0.2, 0.25) is 0 Å². The van der Waals surface area contributed by atoms with Crippen LogP contribution in [0.5, 0.6) is 0 Å². The maximum absolute atomic E-state index is 13.1. The zero-order chi connectivity index (χ0) is 23.6. The van der Waals surface area contributed by atoms with Crippen LogP contribution in [0.15, 0.2) is 60.7 Å². The fourth-order valence-corrected chi connectivity index (χ4v) is 5.35. The molecule has 0 saturated carbocycles. The molecule has 174 valence electrons. The van der Waals surface area contributed by atoms with E-state index in [2.05, 4.69) is 14.9 Å². The lowest BCUT2D eigenvalue weighted by molar-refractivity contribution is 0.0939. The van der Waals surface area contributed by atoms with E-state index in [-0.39, 0.29) is 11.9 Å². The Morgan fingerprint density at radius 2 is 1.67 bits per heavy atom. The first-order valence-electron chi connectivity index (χ1n) is 11.1. The first-order valence-corrected chi connectivity index (χ1v) is 12.5. The quantitative estimate of drug-likeness (QED) is 0.582. The second-order valence-electron chi connectivity index (χ2n) is 8.60. The van der Waals surface area contributed by atoms with Crippen molar-refractivity contribution in [1.29, 1.82) is 0 Å². The van der Waals surface area contributed by atoms with Crippen LogP contribution in [0.1, 0.15) is 34.5 Å². The van der Waals surface area contributed by atoms with Crippen LogP contribution in [0.25, 0.3) is 10.8 Å². The number of hydrogen-bond donors (Lipinski definition) is 2. The van der Waals surface area contributed by atoms with E-state index in [0.29, 0.717) is 37.4 Å². The SMILES string of the molecule is Cc1ccc(NS(=O)(=O)N2CCN(C)CC2)cc1C(=O)N[C@H](C)c1cccc2ccccc12. The van der Waals surface area contributed by atoms with Crippen molar-refractivity contribution in [3.8, 4) is 0 Å². The van der Waals surface area contributed by atoms with Crippen molar-refractivity contribution in [3.63, 3.8) is 0 Å². The minimum Gasteiger partial charge on any atom is -0.345 e. The summed E-state index contributed by atoms with van der Waals surface area (Å²) < 4.78 is 29.7. The van der Waals surface area contributed by atoms with Crippen LogP contribution in [0.2, 0.25) is 0 Å². The van der Waals surface area contributed by atoms with E-state index in [9.17, 15) is 13.2 Å². The van der Waals surface area contributed by atoms with Crippen LogP contribution >= 0.6 is 0 Å². The van der Waals surface area contributed by atoms with Gasteiger partial charge >= 0.3 is 10.2 Å². The lowest BCUT2D eigenvalue weighted by atomic mass is 9.99. The highest BCUT2D eigenvalue weighted by molar-refractivity contribution is 7.90. The number of anilines is 1. The third-order valence-corrected chi connectivity index (χ3v) is 7.71. The van der Waals surface area contributed by atoms with Crippen molar-refractivity contribution >= 4 is 32.6 Å². The molecule has 0 aromatic heterocycles. The minimum absolute atomic E-state index is 0.214. The number of fused-ring (bicyclic) bond motifs is 1. The molecule has 1 aliphatic heterocycles. The number of nitrogens with one attached hydrogen (secondary N) is 2. The summed E-state index contributed by atoms with van der Waals surface area (Å²) in [6.07, 6.45) is 0. The lowest BCUT2D eigenvalue weighted by Crippen LogP contribution is -2.48. The molecular weight excluding hydrogens is 436 g/mol. The zero-order valence-electron chi connectivity index (χ0n) is 19.2. The Morgan fingerprint density at radius 1 is 0.970 bits per heavy atom. The molecule has 1 heterocycles. The second-order valence-corrected chi connectivity index (χ2v) is 10.3. The average Bonchev–Trinajstić information content (AvgIpc) is 2.80. The number of nitrogens with zero attached hydrogens (tertiary/aromatic N) is 2. The largest absolute Gasteiger partial charge is 0.345 e. The van der Waals surface area contributed by atoms with Crippen LogP contribution in [-0.2, 0) is 10.2 Å². The van der Waals surface area contributed by atoms with Gasteiger partial charge in [-0.25, -0.2) is 0 Å². The third kappa shape index (κ3) is 5.19. The molecule has 0 unspecified atom stereocenters. The first kappa shape index (κ1) is 23.2. The Morgan fingerprint density at radius 3 is 2.42 bits per heavy atom. The molecule has 1 atom stereocenters. The van der Waals surface area contributed by atoms with Gasteiger partial charge in [-0.3, -0.25) is 9.52 Å². The molecule has 1 amide bonds. The molecule has 2 N–H and O–H groups in total. The number of carbonyl (C=O) groups is 1. The number of carbonyl (C=O) groups excluding carboxylic acids is 1. The smallest absolute Gasteiger partial charge is 0.301 e. The fraction of sp³-hybridized carbons (Fsp3) is 0.320. The highest BCUT2D eigenvalue weighted by atomic mass is 32.2. The molecule has 4 rings (SSSR count). The van der Waals surface area contributed by atoms with Gasteiger partial charge in [-0.1, -0.05) is 48.5 Å². The number of aryl methyl sites for hydroxylation is 1. The summed E-state index contributed by atoms with van der Waals surface area (Å²) in [6.45, 7) is 6.05. The fourth-order valence-electron chi connectivity index (χ4n) is 4.15. The number of piperazine rings is 1. The standard InChI is InChI=1S/C25H30N4O3S/c1-18-11-12-21(27-33(31,32)29-15-13-28(3)14-16-29)17-24(18)25(30)26-19(2)22-10-6-8-20-7-4-5-9-23(20)22/h4-12,17,19,27H,13-16H2,1-3H3,(H,26,30)/t19-/m1/s1. The zero-order valence-corrected chi connectivity index (χ0v) is 20.0. The Kier molecular flexibility index (Phi) is 6.69. The molecule has 3 aromatic rings. The van der Waals surface area contributed by atoms with E-state index in [1.54, 1.807) is 18.2 Å². The highest BCUT2D eigenvalue weighted by Gasteiger charge is 2.26. The molecule has 33 heavy (non-hydrogen) atoms. The van der Waals surface area contributed by atoms with Gasteiger partial charge in [0.15, 0.2) is 0 Å². The molecule has 0 aliphatic carbocycles. The first-order chi connectivity index (χ1) is 15.7. The predicted molar refractivity (Wildman–Crippen MR) is 133 cm³/mol. The van der Waals surface area contributed by atoms with E-state index in [0.717, 1.165) is 21.9 Å². The molecule has 0 bridgehead atoms. The maximum Gasteiger partial charge on any atom is 0.301 e. The number of amides is 1. The van der Waals surface area contributed by atoms with Crippen molar-refractivity contribution in [2.24, 2.45) is 0 Å². The van der Waals surface area contributed by atoms with Crippen molar-refractivity contribution < 1.29 is 13.2 Å². The van der Waals surface area contributed by atoms with E-state index in [4.69, 9.17) is 0 Å². The van der Waals surface area contributed by atoms with Crippen LogP contribution in [-0.4, -0.2) is 56.8 Å². The summed E-state index contributed by atoms with van der Waals surface area (Å²) in [7, 11) is -1.71. The van der Waals surface area contributed by atoms with Gasteiger partial charge in [0, 0.05) is 31.7 Å². The minimum atomic E-state index is -3.68. The van der Waals surface area contributed by atoms with Crippen molar-refractivity contribution in [1.82, 2.24) is 14.5 Å². The van der Waals surface area contributed by atoms with Gasteiger partial charge in [-0.05, 0) is 54.9 Å². The van der Waals surface area contributed by atoms with Gasteiger partial charge in [0.05, 0.1) is 11.7 Å².